The molecule has 0 amide bonds. The predicted octanol–water partition coefficient (Wildman–Crippen LogP) is 8.76. The molecule has 2 aromatic heterocycles. The molecule has 0 radical (unpaired) electrons. The summed E-state index contributed by atoms with van der Waals surface area (Å²) in [7, 11) is 0. The van der Waals surface area contributed by atoms with E-state index in [1.54, 1.807) is 11.3 Å². The first-order chi connectivity index (χ1) is 18.4. The zero-order chi connectivity index (χ0) is 24.7. The van der Waals surface area contributed by atoms with Gasteiger partial charge in [-0.25, -0.2) is 4.68 Å². The van der Waals surface area contributed by atoms with Gasteiger partial charge in [0.15, 0.2) is 0 Å². The quantitative estimate of drug-likeness (QED) is 0.220. The van der Waals surface area contributed by atoms with Crippen molar-refractivity contribution in [2.75, 3.05) is 0 Å². The van der Waals surface area contributed by atoms with Gasteiger partial charge in [0.1, 0.15) is 16.1 Å². The van der Waals surface area contributed by atoms with Gasteiger partial charge < -0.3 is 0 Å². The highest BCUT2D eigenvalue weighted by molar-refractivity contribution is 7.16. The number of rotatable bonds is 5. The Bertz CT molecular complexity index is 1720. The Kier molecular flexibility index (Phi) is 5.23. The molecule has 2 nitrogen and oxygen atoms in total. The maximum absolute atomic E-state index is 5.46. The van der Waals surface area contributed by atoms with Crippen LogP contribution < -0.4 is 0 Å². The maximum atomic E-state index is 5.46. The fourth-order valence-electron chi connectivity index (χ4n) is 5.53. The van der Waals surface area contributed by atoms with E-state index in [-0.39, 0.29) is 0 Å². The number of aromatic nitrogens is 2. The van der Waals surface area contributed by atoms with Crippen LogP contribution in [0.2, 0.25) is 0 Å². The van der Waals surface area contributed by atoms with E-state index < -0.39 is 5.54 Å². The Balaban J connectivity index is 1.59. The fourth-order valence-corrected chi connectivity index (χ4v) is 6.43. The van der Waals surface area contributed by atoms with Crippen molar-refractivity contribution in [2.24, 2.45) is 0 Å². The summed E-state index contributed by atoms with van der Waals surface area (Å²) in [6.45, 7) is 0. The molecule has 0 aliphatic rings. The van der Waals surface area contributed by atoms with Crippen molar-refractivity contribution < 1.29 is 0 Å². The van der Waals surface area contributed by atoms with E-state index in [4.69, 9.17) is 5.10 Å². The summed E-state index contributed by atoms with van der Waals surface area (Å²) in [6, 6.07) is 49.6. The Morgan fingerprint density at radius 2 is 1.08 bits per heavy atom. The Morgan fingerprint density at radius 3 is 1.68 bits per heavy atom. The third kappa shape index (κ3) is 3.43. The van der Waals surface area contributed by atoms with Crippen molar-refractivity contribution in [3.8, 4) is 11.3 Å². The highest BCUT2D eigenvalue weighted by Gasteiger charge is 2.41. The third-order valence-electron chi connectivity index (χ3n) is 7.21. The summed E-state index contributed by atoms with van der Waals surface area (Å²) < 4.78 is 2.26. The van der Waals surface area contributed by atoms with Gasteiger partial charge in [-0.15, -0.1) is 11.3 Å². The number of nitrogens with zero attached hydrogens (tertiary/aromatic N) is 2. The SMILES string of the molecule is c1ccc(C(c2ccccc2)(c2ccccc2)n2nc(-c3ccc4ccccc4c3)c3ccsc32)cc1. The summed E-state index contributed by atoms with van der Waals surface area (Å²) in [5.41, 5.74) is 5.03. The van der Waals surface area contributed by atoms with Crippen LogP contribution in [0.25, 0.3) is 32.2 Å². The third-order valence-corrected chi connectivity index (χ3v) is 8.10. The number of benzene rings is 5. The normalized spacial score (nSPS) is 11.8. The molecular formula is C34H24N2S. The molecule has 5 aromatic carbocycles. The summed E-state index contributed by atoms with van der Waals surface area (Å²) >= 11 is 1.74. The molecule has 0 aliphatic carbocycles. The molecule has 0 fully saturated rings. The predicted molar refractivity (Wildman–Crippen MR) is 155 cm³/mol. The molecule has 0 saturated heterocycles. The summed E-state index contributed by atoms with van der Waals surface area (Å²) in [5, 5.41) is 11.3. The lowest BCUT2D eigenvalue weighted by Gasteiger charge is -2.36. The first-order valence-corrected chi connectivity index (χ1v) is 13.4. The van der Waals surface area contributed by atoms with Crippen LogP contribution >= 0.6 is 11.3 Å². The molecule has 176 valence electrons. The van der Waals surface area contributed by atoms with Crippen LogP contribution in [0, 0.1) is 0 Å². The van der Waals surface area contributed by atoms with E-state index in [9.17, 15) is 0 Å². The molecule has 3 heteroatoms. The van der Waals surface area contributed by atoms with Gasteiger partial charge in [0.2, 0.25) is 0 Å². The van der Waals surface area contributed by atoms with Crippen molar-refractivity contribution in [1.82, 2.24) is 9.78 Å². The van der Waals surface area contributed by atoms with Crippen LogP contribution in [-0.2, 0) is 5.54 Å². The molecule has 0 N–H and O–H groups in total. The molecular weight excluding hydrogens is 468 g/mol. The van der Waals surface area contributed by atoms with Gasteiger partial charge in [-0.1, -0.05) is 127 Å². The second-order valence-electron chi connectivity index (χ2n) is 9.27. The van der Waals surface area contributed by atoms with Crippen LogP contribution in [-0.4, -0.2) is 9.78 Å². The monoisotopic (exact) mass is 492 g/mol. The van der Waals surface area contributed by atoms with Gasteiger partial charge in [-0.05, 0) is 45.0 Å². The van der Waals surface area contributed by atoms with E-state index in [0.717, 1.165) is 16.1 Å². The van der Waals surface area contributed by atoms with Crippen LogP contribution in [0.15, 0.2) is 145 Å². The molecule has 7 rings (SSSR count). The van der Waals surface area contributed by atoms with Gasteiger partial charge in [0, 0.05) is 10.9 Å². The molecule has 0 atom stereocenters. The van der Waals surface area contributed by atoms with Crippen LogP contribution in [0.5, 0.6) is 0 Å². The summed E-state index contributed by atoms with van der Waals surface area (Å²) in [5.74, 6) is 0. The highest BCUT2D eigenvalue weighted by atomic mass is 32.1. The lowest BCUT2D eigenvalue weighted by Crippen LogP contribution is -2.38. The first-order valence-electron chi connectivity index (χ1n) is 12.5. The lowest BCUT2D eigenvalue weighted by molar-refractivity contribution is 0.479. The van der Waals surface area contributed by atoms with E-state index in [0.29, 0.717) is 0 Å². The zero-order valence-corrected chi connectivity index (χ0v) is 21.0. The molecule has 7 aromatic rings. The number of hydrogen-bond donors (Lipinski definition) is 0. The van der Waals surface area contributed by atoms with Crippen LogP contribution in [0.3, 0.4) is 0 Å². The maximum Gasteiger partial charge on any atom is 0.139 e. The zero-order valence-electron chi connectivity index (χ0n) is 20.2. The van der Waals surface area contributed by atoms with Crippen molar-refractivity contribution in [3.05, 3.63) is 162 Å². The average molecular weight is 493 g/mol. The molecule has 2 heterocycles. The second-order valence-corrected chi connectivity index (χ2v) is 10.2. The van der Waals surface area contributed by atoms with Crippen molar-refractivity contribution >= 4 is 32.3 Å². The highest BCUT2D eigenvalue weighted by Crippen LogP contribution is 2.45. The second kappa shape index (κ2) is 8.88. The smallest absolute Gasteiger partial charge is 0.139 e. The van der Waals surface area contributed by atoms with Crippen molar-refractivity contribution in [2.45, 2.75) is 5.54 Å². The molecule has 37 heavy (non-hydrogen) atoms. The summed E-state index contributed by atoms with van der Waals surface area (Å²) in [4.78, 5) is 1.15. The molecule has 0 aliphatic heterocycles. The minimum Gasteiger partial charge on any atom is -0.235 e. The molecule has 0 unspecified atom stereocenters. The topological polar surface area (TPSA) is 17.8 Å². The number of hydrogen-bond acceptors (Lipinski definition) is 2. The van der Waals surface area contributed by atoms with E-state index >= 15 is 0 Å². The molecule has 0 saturated carbocycles. The van der Waals surface area contributed by atoms with E-state index in [1.807, 2.05) is 0 Å². The first kappa shape index (κ1) is 21.8. The standard InChI is InChI=1S/C34H24N2S/c1-4-14-28(15-5-1)34(29-16-6-2-7-17-29,30-18-8-3-9-19-30)36-33-31(22-23-37-33)32(35-36)27-21-20-25-12-10-11-13-26(25)24-27/h1-24H. The number of fused-ring (bicyclic) bond motifs is 2. The van der Waals surface area contributed by atoms with Gasteiger partial charge in [-0.3, -0.25) is 0 Å². The molecule has 0 spiro atoms. The largest absolute Gasteiger partial charge is 0.235 e. The van der Waals surface area contributed by atoms with Crippen LogP contribution in [0.4, 0.5) is 0 Å². The van der Waals surface area contributed by atoms with Crippen molar-refractivity contribution in [1.29, 1.82) is 0 Å². The number of thiophene rings is 1. The fraction of sp³-hybridized carbons (Fsp3) is 0.0294. The average Bonchev–Trinajstić information content (AvgIpc) is 3.59. The minimum atomic E-state index is -0.637. The lowest BCUT2D eigenvalue weighted by atomic mass is 9.77. The van der Waals surface area contributed by atoms with E-state index in [1.165, 1.54) is 32.8 Å². The van der Waals surface area contributed by atoms with Crippen LogP contribution in [0.1, 0.15) is 16.7 Å². The van der Waals surface area contributed by atoms with Gasteiger partial charge in [0.25, 0.3) is 0 Å². The van der Waals surface area contributed by atoms with Gasteiger partial charge in [0.05, 0.1) is 0 Å². The van der Waals surface area contributed by atoms with Gasteiger partial charge in [-0.2, -0.15) is 5.10 Å². The van der Waals surface area contributed by atoms with E-state index in [2.05, 4.69) is 150 Å². The minimum absolute atomic E-state index is 0.637. The summed E-state index contributed by atoms with van der Waals surface area (Å²) in [6.07, 6.45) is 0. The Hall–Kier alpha value is -4.47. The Labute approximate surface area is 220 Å². The van der Waals surface area contributed by atoms with Crippen molar-refractivity contribution in [3.63, 3.8) is 0 Å². The Morgan fingerprint density at radius 1 is 0.541 bits per heavy atom. The molecule has 0 bridgehead atoms. The van der Waals surface area contributed by atoms with Gasteiger partial charge >= 0.3 is 0 Å².